The molecule has 0 spiro atoms. The van der Waals surface area contributed by atoms with Gasteiger partial charge in [0, 0.05) is 19.6 Å². The molecule has 0 amide bonds. The quantitative estimate of drug-likeness (QED) is 0.427. The van der Waals surface area contributed by atoms with Gasteiger partial charge < -0.3 is 0 Å². The maximum absolute atomic E-state index is 9.02. The van der Waals surface area contributed by atoms with Gasteiger partial charge in [0.2, 0.25) is 0 Å². The molecule has 0 N–H and O–H groups in total. The van der Waals surface area contributed by atoms with Crippen molar-refractivity contribution in [1.29, 1.82) is 5.26 Å². The lowest BCUT2D eigenvalue weighted by Gasteiger charge is -2.06. The van der Waals surface area contributed by atoms with Crippen molar-refractivity contribution < 1.29 is 0 Å². The van der Waals surface area contributed by atoms with Gasteiger partial charge in [-0.2, -0.15) is 5.26 Å². The molecule has 0 fully saturated rings. The van der Waals surface area contributed by atoms with E-state index in [2.05, 4.69) is 45.1 Å². The van der Waals surface area contributed by atoms with Crippen LogP contribution >= 0.6 is 0 Å². The Hall–Kier alpha value is -4.12. The van der Waals surface area contributed by atoms with Crippen molar-refractivity contribution in [3.63, 3.8) is 0 Å². The third-order valence-corrected chi connectivity index (χ3v) is 1.79. The molecular formula is C6N14. The maximum atomic E-state index is 9.02. The molecule has 0 radical (unpaired) electrons. The number of nitriles is 1. The Kier molecular flexibility index (Phi) is 4.58. The summed E-state index contributed by atoms with van der Waals surface area (Å²) < 4.78 is 0. The van der Waals surface area contributed by atoms with Gasteiger partial charge in [-0.05, 0) is 32.4 Å². The Morgan fingerprint density at radius 1 is 0.800 bits per heavy atom. The summed E-state index contributed by atoms with van der Waals surface area (Å²) in [5.41, 5.74) is 32.3. The van der Waals surface area contributed by atoms with E-state index in [1.54, 1.807) is 6.07 Å². The van der Waals surface area contributed by atoms with Gasteiger partial charge in [0.15, 0.2) is 0 Å². The summed E-state index contributed by atoms with van der Waals surface area (Å²) in [5, 5.41) is 21.6. The first kappa shape index (κ1) is 13.9. The number of hydrogen-bond donors (Lipinski definition) is 0. The van der Waals surface area contributed by atoms with E-state index in [1.807, 2.05) is 0 Å². The van der Waals surface area contributed by atoms with E-state index in [4.69, 9.17) is 27.4 Å². The molecule has 0 bridgehead atoms. The molecule has 14 nitrogen and oxygen atoms in total. The predicted molar refractivity (Wildman–Crippen MR) is 64.2 cm³/mol. The zero-order valence-electron chi connectivity index (χ0n) is 9.26. The fourth-order valence-electron chi connectivity index (χ4n) is 1.15. The van der Waals surface area contributed by atoms with E-state index < -0.39 is 28.6 Å². The molecule has 0 saturated carbocycles. The summed E-state index contributed by atoms with van der Waals surface area (Å²) in [6.45, 7) is 0. The lowest BCUT2D eigenvalue weighted by atomic mass is 10.2. The van der Waals surface area contributed by atoms with Crippen molar-refractivity contribution in [2.24, 2.45) is 20.5 Å². The van der Waals surface area contributed by atoms with Crippen molar-refractivity contribution in [1.82, 2.24) is 4.98 Å². The van der Waals surface area contributed by atoms with Crippen molar-refractivity contribution in [3.05, 3.63) is 47.3 Å². The molecular weight excluding hydrogens is 268 g/mol. The van der Waals surface area contributed by atoms with Gasteiger partial charge in [-0.25, -0.2) is 4.98 Å². The van der Waals surface area contributed by atoms with Crippen LogP contribution in [0.4, 0.5) is 23.0 Å². The third kappa shape index (κ3) is 2.58. The van der Waals surface area contributed by atoms with Crippen LogP contribution < -0.4 is 0 Å². The summed E-state index contributed by atoms with van der Waals surface area (Å²) in [5.74, 6) is -0.970. The summed E-state index contributed by atoms with van der Waals surface area (Å²) in [6, 6.07) is 1.60. The van der Waals surface area contributed by atoms with Crippen LogP contribution in [0.1, 0.15) is 5.56 Å². The SMILES string of the molecule is N#Cc1c(N=[N+]=[N-])c(N=[N+]=[N-])nc(N=[N+]=[N-])c1N=[N+]=[N-]. The molecule has 94 valence electrons. The van der Waals surface area contributed by atoms with Crippen molar-refractivity contribution in [2.45, 2.75) is 0 Å². The highest BCUT2D eigenvalue weighted by molar-refractivity contribution is 5.80. The highest BCUT2D eigenvalue weighted by atomic mass is 15.3. The second kappa shape index (κ2) is 6.58. The van der Waals surface area contributed by atoms with E-state index in [0.717, 1.165) is 0 Å². The number of pyridine rings is 1. The van der Waals surface area contributed by atoms with Crippen molar-refractivity contribution in [3.8, 4) is 6.07 Å². The monoisotopic (exact) mass is 268 g/mol. The smallest absolute Gasteiger partial charge is 0.138 e. The van der Waals surface area contributed by atoms with Crippen LogP contribution in [-0.2, 0) is 0 Å². The number of rotatable bonds is 4. The van der Waals surface area contributed by atoms with E-state index in [-0.39, 0.29) is 0 Å². The fraction of sp³-hybridized carbons (Fsp3) is 0. The maximum Gasteiger partial charge on any atom is 0.138 e. The Morgan fingerprint density at radius 2 is 1.20 bits per heavy atom. The number of hydrogen-bond acceptors (Lipinski definition) is 6. The second-order valence-electron chi connectivity index (χ2n) is 2.70. The van der Waals surface area contributed by atoms with E-state index in [0.29, 0.717) is 0 Å². The molecule has 1 heterocycles. The van der Waals surface area contributed by atoms with Crippen LogP contribution in [0.3, 0.4) is 0 Å². The van der Waals surface area contributed by atoms with Gasteiger partial charge in [0.25, 0.3) is 0 Å². The van der Waals surface area contributed by atoms with Gasteiger partial charge >= 0.3 is 0 Å². The van der Waals surface area contributed by atoms with Crippen LogP contribution in [0, 0.1) is 11.3 Å². The summed E-state index contributed by atoms with van der Waals surface area (Å²) >= 11 is 0. The predicted octanol–water partition coefficient (Wildman–Crippen LogP) is 4.72. The minimum Gasteiger partial charge on any atom is -0.243 e. The molecule has 0 unspecified atom stereocenters. The molecule has 14 heteroatoms. The minimum absolute atomic E-state index is 0.430. The van der Waals surface area contributed by atoms with Crippen LogP contribution in [0.2, 0.25) is 0 Å². The number of aromatic nitrogens is 1. The molecule has 0 aliphatic rings. The molecule has 1 aromatic rings. The molecule has 0 saturated heterocycles. The number of nitrogens with zero attached hydrogens (tertiary/aromatic N) is 14. The average Bonchev–Trinajstić information content (AvgIpc) is 2.44. The van der Waals surface area contributed by atoms with E-state index in [9.17, 15) is 0 Å². The van der Waals surface area contributed by atoms with E-state index in [1.165, 1.54) is 0 Å². The highest BCUT2D eigenvalue weighted by Crippen LogP contribution is 2.42. The van der Waals surface area contributed by atoms with Crippen molar-refractivity contribution in [2.75, 3.05) is 0 Å². The van der Waals surface area contributed by atoms with Gasteiger partial charge in [0.1, 0.15) is 17.7 Å². The second-order valence-corrected chi connectivity index (χ2v) is 2.70. The Bertz CT molecular complexity index is 728. The molecule has 0 aromatic carbocycles. The van der Waals surface area contributed by atoms with Crippen LogP contribution in [0.25, 0.3) is 41.8 Å². The first-order valence-electron chi connectivity index (χ1n) is 4.42. The van der Waals surface area contributed by atoms with E-state index >= 15 is 0 Å². The molecule has 0 atom stereocenters. The molecule has 0 aliphatic carbocycles. The average molecular weight is 268 g/mol. The Morgan fingerprint density at radius 3 is 1.50 bits per heavy atom. The number of azide groups is 4. The van der Waals surface area contributed by atoms with Gasteiger partial charge in [-0.3, -0.25) is 0 Å². The Labute approximate surface area is 108 Å². The van der Waals surface area contributed by atoms with Crippen LogP contribution in [0.5, 0.6) is 0 Å². The first-order chi connectivity index (χ1) is 9.73. The zero-order valence-corrected chi connectivity index (χ0v) is 9.26. The minimum atomic E-state index is -0.485. The molecule has 0 aliphatic heterocycles. The topological polar surface area (TPSA) is 232 Å². The van der Waals surface area contributed by atoms with Crippen molar-refractivity contribution >= 4 is 23.0 Å². The highest BCUT2D eigenvalue weighted by Gasteiger charge is 2.17. The zero-order chi connectivity index (χ0) is 15.0. The standard InChI is InChI=1S/C6N14/c7-1-2-3(13-17-8)5(15-19-10)12-6(16-20-11)4(2)14-18-9. The largest absolute Gasteiger partial charge is 0.243 e. The van der Waals surface area contributed by atoms with Crippen LogP contribution in [-0.4, -0.2) is 4.98 Å². The lowest BCUT2D eigenvalue weighted by molar-refractivity contribution is 1.18. The van der Waals surface area contributed by atoms with Gasteiger partial charge in [-0.15, -0.1) is 0 Å². The normalized spacial score (nSPS) is 7.95. The summed E-state index contributed by atoms with van der Waals surface area (Å²) in [4.78, 5) is 13.3. The molecule has 1 rings (SSSR count). The molecule has 20 heavy (non-hydrogen) atoms. The summed E-state index contributed by atoms with van der Waals surface area (Å²) in [6.07, 6.45) is 0. The molecule has 1 aromatic heterocycles. The first-order valence-corrected chi connectivity index (χ1v) is 4.42. The third-order valence-electron chi connectivity index (χ3n) is 1.79. The summed E-state index contributed by atoms with van der Waals surface area (Å²) in [7, 11) is 0. The van der Waals surface area contributed by atoms with Gasteiger partial charge in [-0.1, -0.05) is 10.2 Å². The Balaban J connectivity index is 4.02. The van der Waals surface area contributed by atoms with Crippen LogP contribution in [0.15, 0.2) is 20.5 Å². The van der Waals surface area contributed by atoms with Gasteiger partial charge in [0.05, 0.1) is 16.9 Å². The lowest BCUT2D eigenvalue weighted by Crippen LogP contribution is -1.84. The fourth-order valence-corrected chi connectivity index (χ4v) is 1.15.